The Bertz CT molecular complexity index is 1690. The van der Waals surface area contributed by atoms with Crippen molar-refractivity contribution in [1.29, 1.82) is 0 Å². The van der Waals surface area contributed by atoms with Crippen LogP contribution < -0.4 is 20.1 Å². The summed E-state index contributed by atoms with van der Waals surface area (Å²) in [5.41, 5.74) is 3.77. The first-order chi connectivity index (χ1) is 20.7. The molecule has 0 fully saturated rings. The second-order valence-electron chi connectivity index (χ2n) is 9.74. The molecule has 43 heavy (non-hydrogen) atoms. The van der Waals surface area contributed by atoms with Crippen molar-refractivity contribution < 1.29 is 18.7 Å². The Labute approximate surface area is 267 Å². The molecule has 0 aliphatic carbocycles. The van der Waals surface area contributed by atoms with E-state index in [1.165, 1.54) is 17.8 Å². The molecule has 5 rings (SSSR count). The van der Waals surface area contributed by atoms with Crippen LogP contribution in [0.5, 0.6) is 11.5 Å². The number of hydrogen-bond acceptors (Lipinski definition) is 7. The topological polar surface area (TPSA) is 90.3 Å². The molecule has 1 atom stereocenters. The first kappa shape index (κ1) is 30.9. The molecule has 1 aliphatic rings. The van der Waals surface area contributed by atoms with Crippen LogP contribution in [0.1, 0.15) is 43.5 Å². The molecule has 224 valence electrons. The predicted molar refractivity (Wildman–Crippen MR) is 172 cm³/mol. The van der Waals surface area contributed by atoms with Gasteiger partial charge in [-0.15, -0.1) is 5.10 Å². The molecule has 8 nitrogen and oxygen atoms in total. The number of anilines is 2. The zero-order valence-corrected chi connectivity index (χ0v) is 27.2. The molecule has 1 amide bonds. The van der Waals surface area contributed by atoms with E-state index in [0.29, 0.717) is 56.2 Å². The number of thioether (sulfide) groups is 1. The Morgan fingerprint density at radius 3 is 2.67 bits per heavy atom. The van der Waals surface area contributed by atoms with Crippen LogP contribution in [0.25, 0.3) is 0 Å². The van der Waals surface area contributed by atoms with Crippen LogP contribution in [0.3, 0.4) is 0 Å². The van der Waals surface area contributed by atoms with Crippen molar-refractivity contribution in [3.05, 3.63) is 97.9 Å². The van der Waals surface area contributed by atoms with E-state index >= 15 is 0 Å². The van der Waals surface area contributed by atoms with Crippen LogP contribution in [-0.4, -0.2) is 33.0 Å². The predicted octanol–water partition coefficient (Wildman–Crippen LogP) is 8.16. The number of fused-ring (bicyclic) bond motifs is 1. The number of nitrogens with zero attached hydrogens (tertiary/aromatic N) is 3. The van der Waals surface area contributed by atoms with Crippen LogP contribution in [0, 0.1) is 12.7 Å². The van der Waals surface area contributed by atoms with Crippen molar-refractivity contribution in [2.24, 2.45) is 0 Å². The summed E-state index contributed by atoms with van der Waals surface area (Å²) in [5.74, 6) is 1.37. The molecule has 0 radical (unpaired) electrons. The fourth-order valence-electron chi connectivity index (χ4n) is 4.81. The Morgan fingerprint density at radius 2 is 1.95 bits per heavy atom. The molecule has 0 saturated heterocycles. The highest BCUT2D eigenvalue weighted by Gasteiger charge is 2.35. The Morgan fingerprint density at radius 1 is 1.16 bits per heavy atom. The molecular weight excluding hydrogens is 657 g/mol. The third-order valence-electron chi connectivity index (χ3n) is 6.70. The second kappa shape index (κ2) is 13.4. The number of aryl methyl sites for hydroxylation is 1. The zero-order valence-electron chi connectivity index (χ0n) is 24.0. The average molecular weight is 687 g/mol. The largest absolute Gasteiger partial charge is 0.490 e. The first-order valence-corrected chi connectivity index (χ1v) is 15.8. The van der Waals surface area contributed by atoms with Gasteiger partial charge in [-0.25, -0.2) is 9.07 Å². The van der Waals surface area contributed by atoms with E-state index in [0.717, 1.165) is 11.3 Å². The fraction of sp³-hybridized carbons (Fsp3) is 0.258. The number of allylic oxidation sites excluding steroid dienone is 1. The second-order valence-corrected chi connectivity index (χ2v) is 12.2. The highest BCUT2D eigenvalue weighted by molar-refractivity contribution is 9.10. The minimum absolute atomic E-state index is 0.106. The van der Waals surface area contributed by atoms with Gasteiger partial charge in [0, 0.05) is 16.9 Å². The lowest BCUT2D eigenvalue weighted by Crippen LogP contribution is -2.31. The van der Waals surface area contributed by atoms with Gasteiger partial charge in [-0.2, -0.15) is 4.98 Å². The van der Waals surface area contributed by atoms with Gasteiger partial charge < -0.3 is 20.1 Å². The highest BCUT2D eigenvalue weighted by atomic mass is 79.9. The fourth-order valence-corrected chi connectivity index (χ4v) is 6.16. The van der Waals surface area contributed by atoms with Crippen molar-refractivity contribution >= 4 is 56.8 Å². The molecular formula is C31H30BrClFN5O3S. The van der Waals surface area contributed by atoms with Crippen molar-refractivity contribution in [3.8, 4) is 11.5 Å². The summed E-state index contributed by atoms with van der Waals surface area (Å²) in [7, 11) is 0. The van der Waals surface area contributed by atoms with Gasteiger partial charge in [-0.1, -0.05) is 48.5 Å². The summed E-state index contributed by atoms with van der Waals surface area (Å²) in [6.45, 7) is 7.94. The lowest BCUT2D eigenvalue weighted by atomic mass is 9.94. The van der Waals surface area contributed by atoms with Crippen LogP contribution in [0.15, 0.2) is 75.5 Å². The van der Waals surface area contributed by atoms with Gasteiger partial charge in [0.2, 0.25) is 11.1 Å². The standard InChI is InChI=1S/C31H30BrClFN5O3S/c1-5-41-25-15-19(14-22(32)28(25)42-16-21-23(33)11-8-12-24(21)34)27-26(29(40)36-20-10-7-9-17(3)13-20)18(4)35-30-37-31(43-6-2)38-39(27)30/h7-15,27H,5-6,16H2,1-4H3,(H,36,40)(H,35,37,38). The lowest BCUT2D eigenvalue weighted by Gasteiger charge is -2.29. The van der Waals surface area contributed by atoms with Crippen molar-refractivity contribution in [1.82, 2.24) is 14.8 Å². The SMILES string of the molecule is CCOc1cc(C2C(C(=O)Nc3cccc(C)c3)=C(C)Nc3nc(SCC)nn32)cc(Br)c1OCc1c(F)cccc1Cl. The number of rotatable bonds is 10. The monoisotopic (exact) mass is 685 g/mol. The molecule has 0 spiro atoms. The summed E-state index contributed by atoms with van der Waals surface area (Å²) in [4.78, 5) is 18.6. The van der Waals surface area contributed by atoms with E-state index in [9.17, 15) is 9.18 Å². The Balaban J connectivity index is 1.58. The number of amides is 1. The van der Waals surface area contributed by atoms with E-state index < -0.39 is 11.9 Å². The van der Waals surface area contributed by atoms with Gasteiger partial charge in [-0.05, 0) is 90.0 Å². The minimum Gasteiger partial charge on any atom is -0.490 e. The number of carbonyl (C=O) groups excluding carboxylic acids is 1. The van der Waals surface area contributed by atoms with Crippen LogP contribution in [0.2, 0.25) is 5.02 Å². The van der Waals surface area contributed by atoms with Gasteiger partial charge in [0.15, 0.2) is 11.5 Å². The molecule has 1 aromatic heterocycles. The van der Waals surface area contributed by atoms with Gasteiger partial charge >= 0.3 is 0 Å². The third-order valence-corrected chi connectivity index (χ3v) is 8.36. The molecule has 12 heteroatoms. The number of ether oxygens (including phenoxy) is 2. The molecule has 0 bridgehead atoms. The number of carbonyl (C=O) groups is 1. The van der Waals surface area contributed by atoms with Crippen LogP contribution in [0.4, 0.5) is 16.0 Å². The van der Waals surface area contributed by atoms with Crippen molar-refractivity contribution in [2.75, 3.05) is 23.0 Å². The smallest absolute Gasteiger partial charge is 0.255 e. The lowest BCUT2D eigenvalue weighted by molar-refractivity contribution is -0.113. The molecule has 2 N–H and O–H groups in total. The maximum absolute atomic E-state index is 14.5. The van der Waals surface area contributed by atoms with E-state index in [1.807, 2.05) is 64.1 Å². The van der Waals surface area contributed by atoms with Gasteiger partial charge in [0.05, 0.1) is 21.7 Å². The van der Waals surface area contributed by atoms with Crippen molar-refractivity contribution in [2.45, 2.75) is 45.5 Å². The summed E-state index contributed by atoms with van der Waals surface area (Å²) < 4.78 is 28.8. The normalized spacial score (nSPS) is 14.3. The Kier molecular flexibility index (Phi) is 9.63. The summed E-state index contributed by atoms with van der Waals surface area (Å²) in [6.07, 6.45) is 0. The highest BCUT2D eigenvalue weighted by Crippen LogP contribution is 2.44. The van der Waals surface area contributed by atoms with E-state index in [-0.39, 0.29) is 23.1 Å². The number of aromatic nitrogens is 3. The van der Waals surface area contributed by atoms with Crippen LogP contribution >= 0.6 is 39.3 Å². The molecule has 4 aromatic rings. The number of nitrogens with one attached hydrogen (secondary N) is 2. The maximum Gasteiger partial charge on any atom is 0.255 e. The van der Waals surface area contributed by atoms with Crippen molar-refractivity contribution in [3.63, 3.8) is 0 Å². The first-order valence-electron chi connectivity index (χ1n) is 13.7. The molecule has 2 heterocycles. The summed E-state index contributed by atoms with van der Waals surface area (Å²) in [6, 6.07) is 15.1. The number of benzene rings is 3. The molecule has 1 aliphatic heterocycles. The summed E-state index contributed by atoms with van der Waals surface area (Å²) in [5, 5.41) is 11.9. The minimum atomic E-state index is -0.648. The van der Waals surface area contributed by atoms with E-state index in [4.69, 9.17) is 26.2 Å². The Hall–Kier alpha value is -3.54. The molecule has 0 saturated carbocycles. The number of halogens is 3. The molecule has 1 unspecified atom stereocenters. The molecule has 3 aromatic carbocycles. The van der Waals surface area contributed by atoms with Crippen LogP contribution in [-0.2, 0) is 11.4 Å². The quantitative estimate of drug-likeness (QED) is 0.163. The van der Waals surface area contributed by atoms with Gasteiger partial charge in [0.25, 0.3) is 5.91 Å². The summed E-state index contributed by atoms with van der Waals surface area (Å²) >= 11 is 11.4. The van der Waals surface area contributed by atoms with Gasteiger partial charge in [-0.3, -0.25) is 4.79 Å². The van der Waals surface area contributed by atoms with E-state index in [2.05, 4.69) is 31.5 Å². The average Bonchev–Trinajstić information content (AvgIpc) is 3.35. The maximum atomic E-state index is 14.5. The number of hydrogen-bond donors (Lipinski definition) is 2. The third kappa shape index (κ3) is 6.68. The van der Waals surface area contributed by atoms with E-state index in [1.54, 1.807) is 16.8 Å². The van der Waals surface area contributed by atoms with Gasteiger partial charge in [0.1, 0.15) is 18.5 Å². The zero-order chi connectivity index (χ0) is 30.7.